The number of likely N-dealkylation sites (tertiary alicyclic amines) is 2. The summed E-state index contributed by atoms with van der Waals surface area (Å²) in [4.78, 5) is 34.8. The molecule has 0 aliphatic carbocycles. The maximum absolute atomic E-state index is 11.4. The van der Waals surface area contributed by atoms with Crippen molar-refractivity contribution in [3.8, 4) is 11.8 Å². The van der Waals surface area contributed by atoms with Gasteiger partial charge in [-0.25, -0.2) is 9.59 Å². The molecule has 2 fully saturated rings. The zero-order chi connectivity index (χ0) is 18.5. The van der Waals surface area contributed by atoms with Gasteiger partial charge in [-0.05, 0) is 32.4 Å². The second-order valence-electron chi connectivity index (χ2n) is 5.97. The molecule has 2 N–H and O–H groups in total. The van der Waals surface area contributed by atoms with Gasteiger partial charge in [0.15, 0.2) is 0 Å². The second-order valence-corrected chi connectivity index (χ2v) is 5.97. The predicted molar refractivity (Wildman–Crippen MR) is 92.9 cm³/mol. The highest BCUT2D eigenvalue weighted by Gasteiger charge is 2.18. The topological polar surface area (TPSA) is 98.1 Å². The van der Waals surface area contributed by atoms with E-state index in [1.54, 1.807) is 0 Å². The lowest BCUT2D eigenvalue weighted by Gasteiger charge is -2.16. The summed E-state index contributed by atoms with van der Waals surface area (Å²) in [5, 5.41) is 15.6. The molecule has 7 heteroatoms. The van der Waals surface area contributed by atoms with E-state index in [0.29, 0.717) is 25.1 Å². The molecule has 0 bridgehead atoms. The molecule has 0 radical (unpaired) electrons. The fourth-order valence-corrected chi connectivity index (χ4v) is 2.63. The third-order valence-electron chi connectivity index (χ3n) is 3.94. The molecule has 0 unspecified atom stereocenters. The van der Waals surface area contributed by atoms with Crippen LogP contribution in [0.25, 0.3) is 0 Å². The molecule has 0 aromatic carbocycles. The number of carboxylic acid groups (broad SMARTS) is 2. The average molecular weight is 350 g/mol. The van der Waals surface area contributed by atoms with Crippen LogP contribution in [0.3, 0.4) is 0 Å². The molecule has 0 aromatic heterocycles. The number of rotatable bonds is 4. The van der Waals surface area contributed by atoms with E-state index in [9.17, 15) is 14.4 Å². The molecule has 0 atom stereocenters. The largest absolute Gasteiger partial charge is 0.478 e. The molecular weight excluding hydrogens is 324 g/mol. The summed E-state index contributed by atoms with van der Waals surface area (Å²) in [7, 11) is 0. The quantitative estimate of drug-likeness (QED) is 0.584. The summed E-state index contributed by atoms with van der Waals surface area (Å²) in [6, 6.07) is 0. The Balaban J connectivity index is 0.000000333. The molecule has 1 amide bonds. The molecule has 7 nitrogen and oxygen atoms in total. The van der Waals surface area contributed by atoms with Crippen LogP contribution in [0.15, 0.2) is 12.2 Å². The first-order valence-corrected chi connectivity index (χ1v) is 8.59. The normalized spacial score (nSPS) is 18.1. The number of carbonyl (C=O) groups is 3. The summed E-state index contributed by atoms with van der Waals surface area (Å²) >= 11 is 0. The van der Waals surface area contributed by atoms with E-state index in [1.807, 2.05) is 4.90 Å². The van der Waals surface area contributed by atoms with Gasteiger partial charge in [0, 0.05) is 25.1 Å². The van der Waals surface area contributed by atoms with Gasteiger partial charge in [-0.2, -0.15) is 0 Å². The van der Waals surface area contributed by atoms with Crippen LogP contribution in [0.4, 0.5) is 0 Å². The lowest BCUT2D eigenvalue weighted by atomic mass is 10.2. The fraction of sp³-hybridized carbons (Fsp3) is 0.611. The van der Waals surface area contributed by atoms with Crippen molar-refractivity contribution in [1.29, 1.82) is 0 Å². The summed E-state index contributed by atoms with van der Waals surface area (Å²) < 4.78 is 0. The van der Waals surface area contributed by atoms with Crippen LogP contribution in [0.1, 0.15) is 38.5 Å². The van der Waals surface area contributed by atoms with Gasteiger partial charge in [-0.3, -0.25) is 9.69 Å². The molecule has 2 aliphatic heterocycles. The van der Waals surface area contributed by atoms with Crippen molar-refractivity contribution in [1.82, 2.24) is 9.80 Å². The van der Waals surface area contributed by atoms with Crippen molar-refractivity contribution in [2.24, 2.45) is 0 Å². The minimum atomic E-state index is -1.26. The molecular formula is C18H26N2O5. The van der Waals surface area contributed by atoms with Crippen LogP contribution in [-0.4, -0.2) is 70.6 Å². The predicted octanol–water partition coefficient (Wildman–Crippen LogP) is 1.20. The van der Waals surface area contributed by atoms with Gasteiger partial charge in [0.1, 0.15) is 0 Å². The van der Waals surface area contributed by atoms with Crippen molar-refractivity contribution in [2.75, 3.05) is 32.7 Å². The van der Waals surface area contributed by atoms with Crippen molar-refractivity contribution >= 4 is 17.8 Å². The number of hydrogen-bond donors (Lipinski definition) is 2. The number of nitrogens with zero attached hydrogens (tertiary/aromatic N) is 2. The van der Waals surface area contributed by atoms with Crippen LogP contribution >= 0.6 is 0 Å². The molecule has 2 heterocycles. The Morgan fingerprint density at radius 3 is 1.92 bits per heavy atom. The van der Waals surface area contributed by atoms with Crippen molar-refractivity contribution in [3.63, 3.8) is 0 Å². The Morgan fingerprint density at radius 2 is 1.44 bits per heavy atom. The van der Waals surface area contributed by atoms with Gasteiger partial charge in [-0.1, -0.05) is 24.7 Å². The number of carbonyl (C=O) groups excluding carboxylic acids is 1. The number of aliphatic carboxylic acids is 2. The van der Waals surface area contributed by atoms with E-state index in [-0.39, 0.29) is 5.91 Å². The molecule has 2 saturated heterocycles. The van der Waals surface area contributed by atoms with Crippen molar-refractivity contribution in [2.45, 2.75) is 38.5 Å². The zero-order valence-electron chi connectivity index (χ0n) is 14.4. The molecule has 2 rings (SSSR count). The third kappa shape index (κ3) is 10.2. The summed E-state index contributed by atoms with van der Waals surface area (Å²) in [6.45, 7) is 4.79. The first kappa shape index (κ1) is 20.7. The Morgan fingerprint density at radius 1 is 0.880 bits per heavy atom. The van der Waals surface area contributed by atoms with Crippen LogP contribution in [0.2, 0.25) is 0 Å². The Kier molecular flexibility index (Phi) is 10.0. The first-order chi connectivity index (χ1) is 12.0. The Hall–Kier alpha value is -2.33. The van der Waals surface area contributed by atoms with E-state index >= 15 is 0 Å². The molecule has 0 saturated carbocycles. The van der Waals surface area contributed by atoms with Crippen molar-refractivity contribution in [3.05, 3.63) is 12.2 Å². The third-order valence-corrected chi connectivity index (χ3v) is 3.94. The SMILES string of the molecule is O=C(O)/C=C/C(=O)O.O=C1CCCN1CC#CCN1CCCCCC1. The summed E-state index contributed by atoms with van der Waals surface area (Å²) in [6.07, 6.45) is 8.20. The standard InChI is InChI=1S/C14H22N2O.C4H4O4/c17-14-8-7-13-16(14)12-6-5-11-15-9-3-1-2-4-10-15;5-3(6)1-2-4(7)8/h1-4,7-13H2;1-2H,(H,5,6)(H,7,8)/b;2-1+. The highest BCUT2D eigenvalue weighted by atomic mass is 16.4. The van der Waals surface area contributed by atoms with E-state index in [0.717, 1.165) is 19.5 Å². The van der Waals surface area contributed by atoms with Gasteiger partial charge >= 0.3 is 11.9 Å². The summed E-state index contributed by atoms with van der Waals surface area (Å²) in [5.41, 5.74) is 0. The lowest BCUT2D eigenvalue weighted by Crippen LogP contribution is -2.26. The van der Waals surface area contributed by atoms with Crippen LogP contribution in [-0.2, 0) is 14.4 Å². The lowest BCUT2D eigenvalue weighted by molar-refractivity contribution is -0.134. The molecule has 25 heavy (non-hydrogen) atoms. The maximum atomic E-state index is 11.4. The van der Waals surface area contributed by atoms with Gasteiger partial charge in [0.25, 0.3) is 0 Å². The number of amides is 1. The van der Waals surface area contributed by atoms with E-state index in [4.69, 9.17) is 10.2 Å². The highest BCUT2D eigenvalue weighted by Crippen LogP contribution is 2.09. The van der Waals surface area contributed by atoms with Gasteiger partial charge in [0.2, 0.25) is 5.91 Å². The van der Waals surface area contributed by atoms with Crippen LogP contribution in [0, 0.1) is 11.8 Å². The number of hydrogen-bond acceptors (Lipinski definition) is 4. The molecule has 2 aliphatic rings. The highest BCUT2D eigenvalue weighted by molar-refractivity contribution is 5.89. The monoisotopic (exact) mass is 350 g/mol. The Labute approximate surface area is 148 Å². The molecule has 0 aromatic rings. The van der Waals surface area contributed by atoms with E-state index in [2.05, 4.69) is 16.7 Å². The smallest absolute Gasteiger partial charge is 0.328 e. The second kappa shape index (κ2) is 12.1. The molecule has 138 valence electrons. The van der Waals surface area contributed by atoms with Crippen LogP contribution in [0.5, 0.6) is 0 Å². The van der Waals surface area contributed by atoms with Gasteiger partial charge < -0.3 is 15.1 Å². The van der Waals surface area contributed by atoms with E-state index < -0.39 is 11.9 Å². The van der Waals surface area contributed by atoms with Gasteiger partial charge in [-0.15, -0.1) is 0 Å². The number of carboxylic acids is 2. The minimum absolute atomic E-state index is 0.272. The zero-order valence-corrected chi connectivity index (χ0v) is 14.4. The fourth-order valence-electron chi connectivity index (χ4n) is 2.63. The van der Waals surface area contributed by atoms with Gasteiger partial charge in [0.05, 0.1) is 13.1 Å². The first-order valence-electron chi connectivity index (χ1n) is 8.59. The summed E-state index contributed by atoms with van der Waals surface area (Å²) in [5.74, 6) is 4.11. The van der Waals surface area contributed by atoms with Crippen LogP contribution < -0.4 is 0 Å². The van der Waals surface area contributed by atoms with E-state index in [1.165, 1.54) is 38.8 Å². The maximum Gasteiger partial charge on any atom is 0.328 e. The van der Waals surface area contributed by atoms with Crippen molar-refractivity contribution < 1.29 is 24.6 Å². The average Bonchev–Trinajstić information content (AvgIpc) is 2.82. The molecule has 0 spiro atoms. The Bertz CT molecular complexity index is 523. The minimum Gasteiger partial charge on any atom is -0.478 e.